The maximum atomic E-state index is 9.72. The van der Waals surface area contributed by atoms with Crippen molar-refractivity contribution in [1.82, 2.24) is 10.2 Å². The number of likely N-dealkylation sites (tertiary alicyclic amines) is 1. The Morgan fingerprint density at radius 1 is 1.04 bits per heavy atom. The summed E-state index contributed by atoms with van der Waals surface area (Å²) in [6.45, 7) is 3.30. The number of aliphatic hydroxyl groups excluding tert-OH is 1. The van der Waals surface area contributed by atoms with Gasteiger partial charge in [0.2, 0.25) is 0 Å². The molecule has 1 aliphatic rings. The first-order chi connectivity index (χ1) is 11.7. The molecule has 128 valence electrons. The third kappa shape index (κ3) is 4.81. The number of aliphatic hydroxyl groups is 1. The Labute approximate surface area is 149 Å². The average Bonchev–Trinajstić information content (AvgIpc) is 2.63. The number of benzene rings is 2. The van der Waals surface area contributed by atoms with Crippen LogP contribution in [0.1, 0.15) is 30.0 Å². The van der Waals surface area contributed by atoms with E-state index in [4.69, 9.17) is 11.6 Å². The predicted octanol–water partition coefficient (Wildman–Crippen LogP) is 3.63. The molecule has 1 saturated heterocycles. The van der Waals surface area contributed by atoms with Crippen molar-refractivity contribution in [2.45, 2.75) is 31.5 Å². The number of rotatable bonds is 6. The van der Waals surface area contributed by atoms with E-state index >= 15 is 0 Å². The van der Waals surface area contributed by atoms with E-state index in [2.05, 4.69) is 40.5 Å². The summed E-state index contributed by atoms with van der Waals surface area (Å²) in [6, 6.07) is 18.8. The second kappa shape index (κ2) is 8.63. The normalized spacial score (nSPS) is 17.8. The van der Waals surface area contributed by atoms with E-state index < -0.39 is 0 Å². The summed E-state index contributed by atoms with van der Waals surface area (Å²) in [5, 5.41) is 14.1. The minimum atomic E-state index is -0.0204. The van der Waals surface area contributed by atoms with Crippen LogP contribution in [0, 0.1) is 0 Å². The molecular formula is C20H25ClN2O. The highest BCUT2D eigenvalue weighted by Crippen LogP contribution is 2.20. The lowest BCUT2D eigenvalue weighted by Crippen LogP contribution is -2.44. The Morgan fingerprint density at radius 3 is 2.33 bits per heavy atom. The van der Waals surface area contributed by atoms with E-state index in [9.17, 15) is 5.11 Å². The van der Waals surface area contributed by atoms with Gasteiger partial charge in [0.15, 0.2) is 0 Å². The summed E-state index contributed by atoms with van der Waals surface area (Å²) in [5.74, 6) is 0. The number of nitrogens with zero attached hydrogens (tertiary/aromatic N) is 1. The number of hydrogen-bond donors (Lipinski definition) is 2. The van der Waals surface area contributed by atoms with Crippen LogP contribution in [0.4, 0.5) is 0 Å². The summed E-state index contributed by atoms with van der Waals surface area (Å²) < 4.78 is 0. The number of nitrogens with one attached hydrogen (secondary N) is 1. The van der Waals surface area contributed by atoms with Crippen molar-refractivity contribution < 1.29 is 5.11 Å². The van der Waals surface area contributed by atoms with Gasteiger partial charge in [-0.3, -0.25) is 4.90 Å². The molecule has 0 radical (unpaired) electrons. The van der Waals surface area contributed by atoms with Crippen molar-refractivity contribution in [3.05, 3.63) is 70.7 Å². The Kier molecular flexibility index (Phi) is 6.27. The van der Waals surface area contributed by atoms with Gasteiger partial charge in [-0.2, -0.15) is 0 Å². The Morgan fingerprint density at radius 2 is 1.71 bits per heavy atom. The van der Waals surface area contributed by atoms with Crippen molar-refractivity contribution in [1.29, 1.82) is 0 Å². The van der Waals surface area contributed by atoms with Crippen molar-refractivity contribution in [2.75, 3.05) is 19.7 Å². The van der Waals surface area contributed by atoms with Gasteiger partial charge in [-0.25, -0.2) is 0 Å². The first kappa shape index (κ1) is 17.4. The molecule has 3 rings (SSSR count). The van der Waals surface area contributed by atoms with Crippen molar-refractivity contribution >= 4 is 11.6 Å². The highest BCUT2D eigenvalue weighted by molar-refractivity contribution is 6.30. The van der Waals surface area contributed by atoms with Crippen LogP contribution in [-0.2, 0) is 6.54 Å². The summed E-state index contributed by atoms with van der Waals surface area (Å²) >= 11 is 5.95. The SMILES string of the molecule is OCC(NC1CCN(Cc2ccccc2)CC1)c1ccc(Cl)cc1. The molecule has 0 aliphatic carbocycles. The largest absolute Gasteiger partial charge is 0.394 e. The molecular weight excluding hydrogens is 320 g/mol. The Balaban J connectivity index is 1.50. The Bertz CT molecular complexity index is 609. The zero-order valence-corrected chi connectivity index (χ0v) is 14.6. The second-order valence-electron chi connectivity index (χ2n) is 6.49. The van der Waals surface area contributed by atoms with E-state index in [0.717, 1.165) is 43.1 Å². The lowest BCUT2D eigenvalue weighted by Gasteiger charge is -2.34. The van der Waals surface area contributed by atoms with Gasteiger partial charge in [0.25, 0.3) is 0 Å². The fraction of sp³-hybridized carbons (Fsp3) is 0.400. The number of hydrogen-bond acceptors (Lipinski definition) is 3. The van der Waals surface area contributed by atoms with Crippen LogP contribution in [-0.4, -0.2) is 35.7 Å². The fourth-order valence-electron chi connectivity index (χ4n) is 3.33. The van der Waals surface area contributed by atoms with Crippen LogP contribution in [0.5, 0.6) is 0 Å². The molecule has 3 nitrogen and oxygen atoms in total. The molecule has 4 heteroatoms. The third-order valence-electron chi connectivity index (χ3n) is 4.73. The molecule has 2 aromatic rings. The minimum absolute atomic E-state index is 0.0204. The van der Waals surface area contributed by atoms with Crippen molar-refractivity contribution in [3.63, 3.8) is 0 Å². The first-order valence-corrected chi connectivity index (χ1v) is 9.01. The molecule has 0 saturated carbocycles. The van der Waals surface area contributed by atoms with Gasteiger partial charge in [-0.15, -0.1) is 0 Å². The summed E-state index contributed by atoms with van der Waals surface area (Å²) in [4.78, 5) is 2.50. The number of halogens is 1. The van der Waals surface area contributed by atoms with Crippen molar-refractivity contribution in [2.24, 2.45) is 0 Å². The smallest absolute Gasteiger partial charge is 0.0626 e. The van der Waals surface area contributed by atoms with Gasteiger partial charge in [-0.05, 0) is 49.2 Å². The van der Waals surface area contributed by atoms with Gasteiger partial charge in [0, 0.05) is 17.6 Å². The molecule has 1 heterocycles. The van der Waals surface area contributed by atoms with E-state index in [0.29, 0.717) is 6.04 Å². The van der Waals surface area contributed by atoms with Crippen LogP contribution in [0.25, 0.3) is 0 Å². The molecule has 2 aromatic carbocycles. The highest BCUT2D eigenvalue weighted by atomic mass is 35.5. The van der Waals surface area contributed by atoms with Gasteiger partial charge < -0.3 is 10.4 Å². The van der Waals surface area contributed by atoms with Gasteiger partial charge in [-0.1, -0.05) is 54.1 Å². The topological polar surface area (TPSA) is 35.5 Å². The van der Waals surface area contributed by atoms with Crippen LogP contribution in [0.2, 0.25) is 5.02 Å². The molecule has 24 heavy (non-hydrogen) atoms. The summed E-state index contributed by atoms with van der Waals surface area (Å²) in [5.41, 5.74) is 2.46. The molecule has 2 N–H and O–H groups in total. The van der Waals surface area contributed by atoms with E-state index in [-0.39, 0.29) is 12.6 Å². The van der Waals surface area contributed by atoms with Crippen LogP contribution in [0.3, 0.4) is 0 Å². The van der Waals surface area contributed by atoms with Crippen LogP contribution in [0.15, 0.2) is 54.6 Å². The third-order valence-corrected chi connectivity index (χ3v) is 4.98. The average molecular weight is 345 g/mol. The maximum absolute atomic E-state index is 9.72. The lowest BCUT2D eigenvalue weighted by atomic mass is 10.0. The number of piperidine rings is 1. The fourth-order valence-corrected chi connectivity index (χ4v) is 3.46. The van der Waals surface area contributed by atoms with Gasteiger partial charge in [0.05, 0.1) is 12.6 Å². The lowest BCUT2D eigenvalue weighted by molar-refractivity contribution is 0.167. The van der Waals surface area contributed by atoms with E-state index in [1.165, 1.54) is 5.56 Å². The summed E-state index contributed by atoms with van der Waals surface area (Å²) in [6.07, 6.45) is 2.22. The molecule has 0 bridgehead atoms. The highest BCUT2D eigenvalue weighted by Gasteiger charge is 2.22. The predicted molar refractivity (Wildman–Crippen MR) is 99.2 cm³/mol. The standard InChI is InChI=1S/C20H25ClN2O/c21-18-8-6-17(7-9-18)20(15-24)22-19-10-12-23(13-11-19)14-16-4-2-1-3-5-16/h1-9,19-20,22,24H,10-15H2. The van der Waals surface area contributed by atoms with Gasteiger partial charge in [0.1, 0.15) is 0 Å². The van der Waals surface area contributed by atoms with E-state index in [1.54, 1.807) is 0 Å². The zero-order valence-electron chi connectivity index (χ0n) is 13.9. The minimum Gasteiger partial charge on any atom is -0.394 e. The molecule has 0 spiro atoms. The Hall–Kier alpha value is -1.39. The van der Waals surface area contributed by atoms with E-state index in [1.807, 2.05) is 24.3 Å². The maximum Gasteiger partial charge on any atom is 0.0626 e. The molecule has 1 atom stereocenters. The monoisotopic (exact) mass is 344 g/mol. The zero-order chi connectivity index (χ0) is 16.8. The van der Waals surface area contributed by atoms with Crippen LogP contribution < -0.4 is 5.32 Å². The second-order valence-corrected chi connectivity index (χ2v) is 6.93. The molecule has 0 amide bonds. The molecule has 1 unspecified atom stereocenters. The summed E-state index contributed by atoms with van der Waals surface area (Å²) in [7, 11) is 0. The van der Waals surface area contributed by atoms with Crippen LogP contribution >= 0.6 is 11.6 Å². The molecule has 1 fully saturated rings. The quantitative estimate of drug-likeness (QED) is 0.840. The first-order valence-electron chi connectivity index (χ1n) is 8.63. The molecule has 1 aliphatic heterocycles. The van der Waals surface area contributed by atoms with Gasteiger partial charge >= 0.3 is 0 Å². The molecule has 0 aromatic heterocycles. The van der Waals surface area contributed by atoms with Crippen molar-refractivity contribution in [3.8, 4) is 0 Å².